The summed E-state index contributed by atoms with van der Waals surface area (Å²) in [5.41, 5.74) is 0. The van der Waals surface area contributed by atoms with Gasteiger partial charge in [-0.1, -0.05) is 48.5 Å². The number of aliphatic carboxylic acids is 4. The summed E-state index contributed by atoms with van der Waals surface area (Å²) in [6.45, 7) is 4.33. The number of rotatable bonds is 0. The molecule has 30 heavy (non-hydrogen) atoms. The standard InChI is InChI=1S/C14H10.4C2H4O2/c1-2-6-12-10-14-8-4-3-7-13(14)9-11(12)5-1;4*1-2(3)4/h1-10H;4*1H3,(H,3,4). The SMILES string of the molecule is CC(=O)O.CC(=O)O.CC(=O)O.CC(=O)O.c1ccc2cc3ccccc3cc2c1. The minimum Gasteiger partial charge on any atom is -0.481 e. The third-order valence-electron chi connectivity index (χ3n) is 2.61. The van der Waals surface area contributed by atoms with Crippen molar-refractivity contribution < 1.29 is 39.6 Å². The molecule has 8 heteroatoms. The van der Waals surface area contributed by atoms with Crippen LogP contribution in [0.5, 0.6) is 0 Å². The van der Waals surface area contributed by atoms with E-state index >= 15 is 0 Å². The molecule has 162 valence electrons. The molecule has 0 amide bonds. The average Bonchev–Trinajstić information content (AvgIpc) is 2.58. The van der Waals surface area contributed by atoms with Crippen LogP contribution in [0.15, 0.2) is 60.7 Å². The largest absolute Gasteiger partial charge is 0.481 e. The Bertz CT molecular complexity index is 794. The molecule has 0 spiro atoms. The lowest BCUT2D eigenvalue weighted by molar-refractivity contribution is -0.135. The van der Waals surface area contributed by atoms with Gasteiger partial charge in [0, 0.05) is 27.7 Å². The van der Waals surface area contributed by atoms with E-state index < -0.39 is 23.9 Å². The quantitative estimate of drug-likeness (QED) is 0.393. The van der Waals surface area contributed by atoms with Gasteiger partial charge >= 0.3 is 0 Å². The summed E-state index contributed by atoms with van der Waals surface area (Å²) in [5.74, 6) is -3.33. The highest BCUT2D eigenvalue weighted by Crippen LogP contribution is 2.21. The molecule has 0 fully saturated rings. The number of carbonyl (C=O) groups is 4. The predicted octanol–water partition coefficient (Wildman–Crippen LogP) is 4.36. The summed E-state index contributed by atoms with van der Waals surface area (Å²) in [4.78, 5) is 36.0. The van der Waals surface area contributed by atoms with Gasteiger partial charge in [0.1, 0.15) is 0 Å². The molecular weight excluding hydrogens is 392 g/mol. The Kier molecular flexibility index (Phi) is 15.1. The lowest BCUT2D eigenvalue weighted by Gasteiger charge is -2.00. The van der Waals surface area contributed by atoms with Crippen LogP contribution >= 0.6 is 0 Å². The minimum absolute atomic E-state index is 0.833. The Morgan fingerprint density at radius 1 is 0.467 bits per heavy atom. The fourth-order valence-corrected chi connectivity index (χ4v) is 1.88. The monoisotopic (exact) mass is 418 g/mol. The molecule has 8 nitrogen and oxygen atoms in total. The second kappa shape index (κ2) is 16.1. The van der Waals surface area contributed by atoms with Gasteiger partial charge in [-0.15, -0.1) is 0 Å². The van der Waals surface area contributed by atoms with E-state index in [1.807, 2.05) is 0 Å². The molecule has 3 aromatic carbocycles. The molecule has 0 aliphatic carbocycles. The maximum absolute atomic E-state index is 9.00. The molecule has 0 aromatic heterocycles. The number of hydrogen-bond acceptors (Lipinski definition) is 4. The van der Waals surface area contributed by atoms with Crippen molar-refractivity contribution in [3.63, 3.8) is 0 Å². The van der Waals surface area contributed by atoms with E-state index in [1.54, 1.807) is 0 Å². The molecule has 0 aliphatic rings. The van der Waals surface area contributed by atoms with Gasteiger partial charge in [-0.05, 0) is 33.7 Å². The summed E-state index contributed by atoms with van der Waals surface area (Å²) in [7, 11) is 0. The summed E-state index contributed by atoms with van der Waals surface area (Å²) in [5, 5.41) is 34.9. The zero-order valence-electron chi connectivity index (χ0n) is 17.2. The molecule has 4 N–H and O–H groups in total. The zero-order chi connectivity index (χ0) is 23.7. The number of hydrogen-bond donors (Lipinski definition) is 4. The lowest BCUT2D eigenvalue weighted by Crippen LogP contribution is -1.78. The smallest absolute Gasteiger partial charge is 0.300 e. The number of carboxylic acid groups (broad SMARTS) is 4. The van der Waals surface area contributed by atoms with Crippen LogP contribution in [0.4, 0.5) is 0 Å². The first-order chi connectivity index (χ1) is 13.9. The molecule has 0 saturated heterocycles. The molecule has 0 saturated carbocycles. The molecule has 0 aliphatic heterocycles. The molecular formula is C22H26O8. The van der Waals surface area contributed by atoms with Gasteiger partial charge in [0.25, 0.3) is 23.9 Å². The predicted molar refractivity (Wildman–Crippen MR) is 115 cm³/mol. The fourth-order valence-electron chi connectivity index (χ4n) is 1.88. The third-order valence-corrected chi connectivity index (χ3v) is 2.61. The fraction of sp³-hybridized carbons (Fsp3) is 0.182. The number of benzene rings is 3. The highest BCUT2D eigenvalue weighted by Gasteiger charge is 1.95. The van der Waals surface area contributed by atoms with Crippen LogP contribution in [0.25, 0.3) is 21.5 Å². The number of fused-ring (bicyclic) bond motifs is 2. The first-order valence-electron chi connectivity index (χ1n) is 8.52. The Balaban J connectivity index is 0. The minimum atomic E-state index is -0.833. The van der Waals surface area contributed by atoms with Gasteiger partial charge in [-0.3, -0.25) is 19.2 Å². The van der Waals surface area contributed by atoms with Crippen LogP contribution in [-0.4, -0.2) is 44.3 Å². The van der Waals surface area contributed by atoms with Crippen LogP contribution < -0.4 is 0 Å². The molecule has 0 unspecified atom stereocenters. The lowest BCUT2D eigenvalue weighted by atomic mass is 10.0. The van der Waals surface area contributed by atoms with E-state index in [1.165, 1.54) is 21.5 Å². The molecule has 3 aromatic rings. The van der Waals surface area contributed by atoms with Crippen molar-refractivity contribution in [2.45, 2.75) is 27.7 Å². The first-order valence-corrected chi connectivity index (χ1v) is 8.52. The molecule has 0 atom stereocenters. The summed E-state index contributed by atoms with van der Waals surface area (Å²) in [6.07, 6.45) is 0. The van der Waals surface area contributed by atoms with Crippen molar-refractivity contribution in [3.05, 3.63) is 60.7 Å². The maximum atomic E-state index is 9.00. The molecule has 0 bridgehead atoms. The Morgan fingerprint density at radius 3 is 0.733 bits per heavy atom. The Morgan fingerprint density at radius 2 is 0.600 bits per heavy atom. The van der Waals surface area contributed by atoms with Crippen molar-refractivity contribution in [2.75, 3.05) is 0 Å². The van der Waals surface area contributed by atoms with Crippen molar-refractivity contribution >= 4 is 45.4 Å². The highest BCUT2D eigenvalue weighted by atomic mass is 16.4. The van der Waals surface area contributed by atoms with E-state index in [-0.39, 0.29) is 0 Å². The maximum Gasteiger partial charge on any atom is 0.300 e. The molecule has 0 heterocycles. The Labute approximate surface area is 174 Å². The van der Waals surface area contributed by atoms with E-state index in [0.29, 0.717) is 0 Å². The summed E-state index contributed by atoms with van der Waals surface area (Å²) >= 11 is 0. The summed E-state index contributed by atoms with van der Waals surface area (Å²) < 4.78 is 0. The van der Waals surface area contributed by atoms with Crippen LogP contribution in [0, 0.1) is 0 Å². The van der Waals surface area contributed by atoms with Crippen molar-refractivity contribution in [2.24, 2.45) is 0 Å². The number of carboxylic acids is 4. The van der Waals surface area contributed by atoms with Crippen molar-refractivity contribution in [1.29, 1.82) is 0 Å². The Hall–Kier alpha value is -3.94. The second-order valence-electron chi connectivity index (χ2n) is 5.62. The van der Waals surface area contributed by atoms with Crippen LogP contribution in [0.3, 0.4) is 0 Å². The topological polar surface area (TPSA) is 149 Å². The normalized spacial score (nSPS) is 8.40. The van der Waals surface area contributed by atoms with Gasteiger partial charge in [-0.25, -0.2) is 0 Å². The molecule has 0 radical (unpaired) electrons. The van der Waals surface area contributed by atoms with Crippen molar-refractivity contribution in [3.8, 4) is 0 Å². The van der Waals surface area contributed by atoms with Crippen LogP contribution in [0.2, 0.25) is 0 Å². The van der Waals surface area contributed by atoms with Gasteiger partial charge in [0.05, 0.1) is 0 Å². The molecule has 3 rings (SSSR count). The van der Waals surface area contributed by atoms with Gasteiger partial charge in [0.15, 0.2) is 0 Å². The second-order valence-corrected chi connectivity index (χ2v) is 5.62. The van der Waals surface area contributed by atoms with Crippen LogP contribution in [0.1, 0.15) is 27.7 Å². The summed E-state index contributed by atoms with van der Waals surface area (Å²) in [6, 6.07) is 21.4. The van der Waals surface area contributed by atoms with Gasteiger partial charge < -0.3 is 20.4 Å². The van der Waals surface area contributed by atoms with Crippen molar-refractivity contribution in [1.82, 2.24) is 0 Å². The van der Waals surface area contributed by atoms with Gasteiger partial charge in [0.2, 0.25) is 0 Å². The highest BCUT2D eigenvalue weighted by molar-refractivity contribution is 5.98. The zero-order valence-corrected chi connectivity index (χ0v) is 17.2. The van der Waals surface area contributed by atoms with E-state index in [0.717, 1.165) is 27.7 Å². The van der Waals surface area contributed by atoms with E-state index in [9.17, 15) is 0 Å². The van der Waals surface area contributed by atoms with Crippen LogP contribution in [-0.2, 0) is 19.2 Å². The van der Waals surface area contributed by atoms with E-state index in [4.69, 9.17) is 39.6 Å². The van der Waals surface area contributed by atoms with Gasteiger partial charge in [-0.2, -0.15) is 0 Å². The average molecular weight is 418 g/mol. The van der Waals surface area contributed by atoms with E-state index in [2.05, 4.69) is 60.7 Å². The first kappa shape index (κ1) is 28.3. The third kappa shape index (κ3) is 18.8.